The number of hydrogen-bond acceptors (Lipinski definition) is 2. The predicted octanol–water partition coefficient (Wildman–Crippen LogP) is 3.06. The smallest absolute Gasteiger partial charge is 0.0963 e. The molecule has 2 fully saturated rings. The van der Waals surface area contributed by atoms with Crippen LogP contribution in [0.1, 0.15) is 43.2 Å². The quantitative estimate of drug-likeness (QED) is 0.751. The molecule has 1 aromatic rings. The molecule has 0 atom stereocenters. The molecule has 0 radical (unpaired) electrons. The molecule has 18 heavy (non-hydrogen) atoms. The van der Waals surface area contributed by atoms with Crippen LogP contribution in [-0.4, -0.2) is 24.0 Å². The second-order valence-electron chi connectivity index (χ2n) is 6.06. The Morgan fingerprint density at radius 3 is 2.61 bits per heavy atom. The minimum atomic E-state index is 0.0524. The molecule has 2 nitrogen and oxygen atoms in total. The number of fused-ring (bicyclic) bond motifs is 2. The normalized spacial score (nSPS) is 27.1. The average molecular weight is 243 g/mol. The van der Waals surface area contributed by atoms with E-state index in [-0.39, 0.29) is 5.60 Å². The SMILES string of the molecule is c1ccc2c(c1)COC21CCN(C2CCC2)CC1. The van der Waals surface area contributed by atoms with Crippen molar-refractivity contribution in [3.63, 3.8) is 0 Å². The molecule has 2 heteroatoms. The molecule has 1 aromatic carbocycles. The van der Waals surface area contributed by atoms with Crippen molar-refractivity contribution < 1.29 is 4.74 Å². The zero-order chi connectivity index (χ0) is 12.0. The van der Waals surface area contributed by atoms with E-state index >= 15 is 0 Å². The van der Waals surface area contributed by atoms with Crippen molar-refractivity contribution in [3.05, 3.63) is 35.4 Å². The van der Waals surface area contributed by atoms with Gasteiger partial charge in [-0.25, -0.2) is 0 Å². The molecular weight excluding hydrogens is 222 g/mol. The Kier molecular flexibility index (Phi) is 2.49. The van der Waals surface area contributed by atoms with Gasteiger partial charge in [-0.3, -0.25) is 0 Å². The average Bonchev–Trinajstić information content (AvgIpc) is 2.70. The van der Waals surface area contributed by atoms with Crippen molar-refractivity contribution >= 4 is 0 Å². The van der Waals surface area contributed by atoms with Crippen LogP contribution in [0.15, 0.2) is 24.3 Å². The van der Waals surface area contributed by atoms with Crippen LogP contribution in [0.4, 0.5) is 0 Å². The van der Waals surface area contributed by atoms with E-state index in [4.69, 9.17) is 4.74 Å². The highest BCUT2D eigenvalue weighted by molar-refractivity contribution is 5.35. The zero-order valence-electron chi connectivity index (χ0n) is 10.9. The lowest BCUT2D eigenvalue weighted by Gasteiger charge is -2.45. The molecule has 96 valence electrons. The molecule has 1 aliphatic carbocycles. The highest BCUT2D eigenvalue weighted by Gasteiger charge is 2.43. The summed E-state index contributed by atoms with van der Waals surface area (Å²) in [7, 11) is 0. The van der Waals surface area contributed by atoms with Crippen molar-refractivity contribution in [1.82, 2.24) is 4.90 Å². The van der Waals surface area contributed by atoms with Gasteiger partial charge in [0.15, 0.2) is 0 Å². The monoisotopic (exact) mass is 243 g/mol. The number of rotatable bonds is 1. The maximum Gasteiger partial charge on any atom is 0.0963 e. The van der Waals surface area contributed by atoms with Gasteiger partial charge >= 0.3 is 0 Å². The third-order valence-electron chi connectivity index (χ3n) is 5.21. The van der Waals surface area contributed by atoms with E-state index < -0.39 is 0 Å². The van der Waals surface area contributed by atoms with E-state index in [2.05, 4.69) is 29.2 Å². The van der Waals surface area contributed by atoms with Crippen LogP contribution in [0.25, 0.3) is 0 Å². The third-order valence-corrected chi connectivity index (χ3v) is 5.21. The van der Waals surface area contributed by atoms with Crippen molar-refractivity contribution in [2.24, 2.45) is 0 Å². The summed E-state index contributed by atoms with van der Waals surface area (Å²) in [5.74, 6) is 0. The number of ether oxygens (including phenoxy) is 1. The Labute approximate surface area is 109 Å². The maximum atomic E-state index is 6.20. The largest absolute Gasteiger partial charge is 0.365 e. The van der Waals surface area contributed by atoms with E-state index in [1.807, 2.05) is 0 Å². The Bertz CT molecular complexity index is 444. The number of hydrogen-bond donors (Lipinski definition) is 0. The first-order chi connectivity index (χ1) is 8.87. The van der Waals surface area contributed by atoms with Gasteiger partial charge in [-0.15, -0.1) is 0 Å². The standard InChI is InChI=1S/C16H21NO/c1-2-7-15-13(4-1)12-18-16(15)8-10-17(11-9-16)14-5-3-6-14/h1-2,4,7,14H,3,5-6,8-12H2. The second-order valence-corrected chi connectivity index (χ2v) is 6.06. The summed E-state index contributed by atoms with van der Waals surface area (Å²) in [6, 6.07) is 9.68. The first kappa shape index (κ1) is 11.0. The van der Waals surface area contributed by atoms with Crippen LogP contribution in [0.3, 0.4) is 0 Å². The first-order valence-electron chi connectivity index (χ1n) is 7.34. The summed E-state index contributed by atoms with van der Waals surface area (Å²) in [5, 5.41) is 0. The van der Waals surface area contributed by atoms with Crippen LogP contribution in [0.2, 0.25) is 0 Å². The van der Waals surface area contributed by atoms with Crippen LogP contribution in [0, 0.1) is 0 Å². The topological polar surface area (TPSA) is 12.5 Å². The number of piperidine rings is 1. The molecule has 0 N–H and O–H groups in total. The van der Waals surface area contributed by atoms with Gasteiger partial charge in [0.05, 0.1) is 12.2 Å². The van der Waals surface area contributed by atoms with E-state index in [1.54, 1.807) is 0 Å². The van der Waals surface area contributed by atoms with Crippen molar-refractivity contribution in [1.29, 1.82) is 0 Å². The Hall–Kier alpha value is -0.860. The van der Waals surface area contributed by atoms with Gasteiger partial charge in [0.25, 0.3) is 0 Å². The van der Waals surface area contributed by atoms with Gasteiger partial charge < -0.3 is 9.64 Å². The minimum Gasteiger partial charge on any atom is -0.365 e. The van der Waals surface area contributed by atoms with Crippen molar-refractivity contribution in [3.8, 4) is 0 Å². The van der Waals surface area contributed by atoms with E-state index in [0.717, 1.165) is 12.6 Å². The van der Waals surface area contributed by atoms with Gasteiger partial charge in [-0.05, 0) is 36.8 Å². The van der Waals surface area contributed by atoms with Crippen molar-refractivity contribution in [2.45, 2.75) is 50.4 Å². The van der Waals surface area contributed by atoms with Crippen LogP contribution >= 0.6 is 0 Å². The van der Waals surface area contributed by atoms with Gasteiger partial charge in [0.2, 0.25) is 0 Å². The minimum absolute atomic E-state index is 0.0524. The van der Waals surface area contributed by atoms with E-state index in [9.17, 15) is 0 Å². The number of nitrogens with zero attached hydrogens (tertiary/aromatic N) is 1. The summed E-state index contributed by atoms with van der Waals surface area (Å²) in [4.78, 5) is 2.69. The van der Waals surface area contributed by atoms with Gasteiger partial charge in [-0.2, -0.15) is 0 Å². The molecule has 0 amide bonds. The lowest BCUT2D eigenvalue weighted by atomic mass is 9.81. The van der Waals surface area contributed by atoms with Gasteiger partial charge in [-0.1, -0.05) is 30.7 Å². The fraction of sp³-hybridized carbons (Fsp3) is 0.625. The van der Waals surface area contributed by atoms with Crippen molar-refractivity contribution in [2.75, 3.05) is 13.1 Å². The van der Waals surface area contributed by atoms with Crippen LogP contribution < -0.4 is 0 Å². The summed E-state index contributed by atoms with van der Waals surface area (Å²) in [6.45, 7) is 3.26. The molecule has 0 aromatic heterocycles. The van der Waals surface area contributed by atoms with E-state index in [0.29, 0.717) is 0 Å². The first-order valence-corrected chi connectivity index (χ1v) is 7.34. The maximum absolute atomic E-state index is 6.20. The van der Waals surface area contributed by atoms with Gasteiger partial charge in [0.1, 0.15) is 0 Å². The molecule has 1 saturated carbocycles. The summed E-state index contributed by atoms with van der Waals surface area (Å²) >= 11 is 0. The Morgan fingerprint density at radius 1 is 1.11 bits per heavy atom. The fourth-order valence-electron chi connectivity index (χ4n) is 3.80. The van der Waals surface area contributed by atoms with Crippen LogP contribution in [0.5, 0.6) is 0 Å². The van der Waals surface area contributed by atoms with E-state index in [1.165, 1.54) is 56.3 Å². The Morgan fingerprint density at radius 2 is 1.89 bits per heavy atom. The molecular formula is C16H21NO. The predicted molar refractivity (Wildman–Crippen MR) is 71.4 cm³/mol. The second kappa shape index (κ2) is 4.07. The molecule has 1 spiro atoms. The summed E-state index contributed by atoms with van der Waals surface area (Å²) in [5.41, 5.74) is 2.93. The number of benzene rings is 1. The van der Waals surface area contributed by atoms with Crippen LogP contribution in [-0.2, 0) is 16.9 Å². The highest BCUT2D eigenvalue weighted by atomic mass is 16.5. The molecule has 4 rings (SSSR count). The molecule has 2 aliphatic heterocycles. The fourth-order valence-corrected chi connectivity index (χ4v) is 3.80. The zero-order valence-corrected chi connectivity index (χ0v) is 10.9. The molecule has 2 heterocycles. The molecule has 1 saturated heterocycles. The highest BCUT2D eigenvalue weighted by Crippen LogP contribution is 2.45. The van der Waals surface area contributed by atoms with Gasteiger partial charge in [0, 0.05) is 19.1 Å². The summed E-state index contributed by atoms with van der Waals surface area (Å²) < 4.78 is 6.20. The number of likely N-dealkylation sites (tertiary alicyclic amines) is 1. The lowest BCUT2D eigenvalue weighted by molar-refractivity contribution is -0.0888. The third kappa shape index (κ3) is 1.55. The molecule has 3 aliphatic rings. The Balaban J connectivity index is 1.53. The molecule has 0 unspecified atom stereocenters. The summed E-state index contributed by atoms with van der Waals surface area (Å²) in [6.07, 6.45) is 6.64. The molecule has 0 bridgehead atoms. The lowest BCUT2D eigenvalue weighted by Crippen LogP contribution is -2.49.